The number of methoxy groups -OCH3 is 2. The zero-order valence-corrected chi connectivity index (χ0v) is 35.0. The van der Waals surface area contributed by atoms with Crippen LogP contribution < -0.4 is 0 Å². The first-order chi connectivity index (χ1) is 31.4. The fourth-order valence-corrected chi connectivity index (χ4v) is 8.77. The summed E-state index contributed by atoms with van der Waals surface area (Å²) in [5.41, 5.74) is 0. The Hall–Kier alpha value is -1.20. The van der Waals surface area contributed by atoms with Gasteiger partial charge in [0.25, 0.3) is 0 Å². The zero-order chi connectivity index (χ0) is 48.0. The molecule has 0 amide bonds. The van der Waals surface area contributed by atoms with Crippen LogP contribution in [-0.2, 0) is 66.3 Å². The molecule has 30 nitrogen and oxygen atoms in total. The second-order valence-corrected chi connectivity index (χ2v) is 16.6. The molecule has 22 fully saturated rings. The van der Waals surface area contributed by atoms with Crippen LogP contribution in [0.4, 0.5) is 0 Å². The van der Waals surface area contributed by atoms with Gasteiger partial charge in [0.05, 0.1) is 26.4 Å². The van der Waals surface area contributed by atoms with Crippen LogP contribution in [0.5, 0.6) is 0 Å². The number of rotatable bonds is 6. The van der Waals surface area contributed by atoms with Gasteiger partial charge in [-0.1, -0.05) is 0 Å². The molecule has 0 spiro atoms. The Bertz CT molecular complexity index is 1230. The molecule has 66 heavy (non-hydrogen) atoms. The van der Waals surface area contributed by atoms with Gasteiger partial charge in [0.2, 0.25) is 0 Å². The van der Waals surface area contributed by atoms with E-state index in [1.807, 2.05) is 0 Å². The minimum atomic E-state index is -2.13. The molecule has 0 aromatic carbocycles. The van der Waals surface area contributed by atoms with Crippen molar-refractivity contribution in [1.29, 1.82) is 0 Å². The zero-order valence-electron chi connectivity index (χ0n) is 35.0. The van der Waals surface area contributed by atoms with E-state index in [1.165, 1.54) is 0 Å². The van der Waals surface area contributed by atoms with E-state index >= 15 is 0 Å². The average Bonchev–Trinajstić information content (AvgIpc) is 3.31. The number of ether oxygens (including phenoxy) is 14. The molecule has 30 heteroatoms. The molecule has 0 aliphatic carbocycles. The van der Waals surface area contributed by atoms with E-state index in [2.05, 4.69) is 0 Å². The second-order valence-electron chi connectivity index (χ2n) is 16.6. The van der Waals surface area contributed by atoms with Crippen molar-refractivity contribution in [3.63, 3.8) is 0 Å². The number of aliphatic hydroxyl groups is 16. The highest BCUT2D eigenvalue weighted by Gasteiger charge is 2.59. The SMILES string of the molecule is COC1O[C@H]2O[C@H]3C(OC)O[C@@H](O[C@H]4C(CO)O[C@@H](O[C@H]5C(CO)O[C@@H](O[C@H]6C(CO)O[C@@H](O[C@H]7C(CO)O[C@@H](O[C@@H]1[C@H](O)C2O)C(O)[C@H]7O)C(O)[C@H]6O)C(O)[C@H]5O)C(O)[C@H]4O)C(O)[C@H]3O. The van der Waals surface area contributed by atoms with E-state index in [-0.39, 0.29) is 0 Å². The molecule has 22 rings (SSSR count). The van der Waals surface area contributed by atoms with E-state index in [9.17, 15) is 81.7 Å². The Labute approximate surface area is 373 Å². The predicted molar refractivity (Wildman–Crippen MR) is 196 cm³/mol. The van der Waals surface area contributed by atoms with E-state index in [0.29, 0.717) is 0 Å². The molecule has 16 N–H and O–H groups in total. The first-order valence-corrected chi connectivity index (χ1v) is 20.9. The quantitative estimate of drug-likeness (QED) is 0.117. The van der Waals surface area contributed by atoms with E-state index < -0.39 is 211 Å². The first-order valence-electron chi connectivity index (χ1n) is 20.9. The Kier molecular flexibility index (Phi) is 17.6. The van der Waals surface area contributed by atoms with Gasteiger partial charge in [-0.25, -0.2) is 0 Å². The van der Waals surface area contributed by atoms with Crippen molar-refractivity contribution in [2.45, 2.75) is 185 Å². The predicted octanol–water partition coefficient (Wildman–Crippen LogP) is -11.8. The van der Waals surface area contributed by atoms with Crippen molar-refractivity contribution in [1.82, 2.24) is 0 Å². The maximum absolute atomic E-state index is 11.3. The van der Waals surface area contributed by atoms with Gasteiger partial charge >= 0.3 is 0 Å². The highest BCUT2D eigenvalue weighted by Crippen LogP contribution is 2.38. The molecule has 12 unspecified atom stereocenters. The van der Waals surface area contributed by atoms with Gasteiger partial charge in [-0.2, -0.15) is 0 Å². The standard InChI is InChI=1S/C36H60O30/c1-53-35-27-16(46)22(52)34(66-35)64-28-15(45)21(51)33(65-36(28)54-2)62-26-10(6-40)57-31(19(49)13(26)43)60-24-8(4-38)55-29(17(47)11(24)41)59-23-7(3-37)56-30(18(48)12(23)42)61-25-9(5-39)58-32(63-27)20(50)14(25)44/h7-52H,3-6H2,1-2H3/t7?,8?,9?,10?,11-,12-,13-,14-,15-,16-,17?,18?,19?,20?,21?,22?,23+,24+,25+,26+,27-,28-,29+,30+,31+,32+,33-,34-,35?,36?/m1/s1. The monoisotopic (exact) mass is 972 g/mol. The summed E-state index contributed by atoms with van der Waals surface area (Å²) in [6, 6.07) is 0. The smallest absolute Gasteiger partial charge is 0.189 e. The highest BCUT2D eigenvalue weighted by atomic mass is 16.8. The lowest BCUT2D eigenvalue weighted by atomic mass is 9.95. The van der Waals surface area contributed by atoms with Gasteiger partial charge in [-0.3, -0.25) is 0 Å². The molecule has 22 saturated heterocycles. The van der Waals surface area contributed by atoms with Crippen LogP contribution in [0.15, 0.2) is 0 Å². The Balaban J connectivity index is 1.19. The fraction of sp³-hybridized carbons (Fsp3) is 1.00. The largest absolute Gasteiger partial charge is 0.394 e. The lowest BCUT2D eigenvalue weighted by Gasteiger charge is -2.50. The Morgan fingerprint density at radius 2 is 0.439 bits per heavy atom. The first kappa shape index (κ1) is 52.6. The number of hydrogen-bond acceptors (Lipinski definition) is 30. The summed E-state index contributed by atoms with van der Waals surface area (Å²) < 4.78 is 78.9. The van der Waals surface area contributed by atoms with Gasteiger partial charge in [0, 0.05) is 14.2 Å². The van der Waals surface area contributed by atoms with Crippen molar-refractivity contribution in [2.24, 2.45) is 0 Å². The summed E-state index contributed by atoms with van der Waals surface area (Å²) in [5.74, 6) is 0. The molecule has 0 aromatic heterocycles. The summed E-state index contributed by atoms with van der Waals surface area (Å²) in [6.45, 7) is -3.92. The topological polar surface area (TPSA) is 453 Å². The summed E-state index contributed by atoms with van der Waals surface area (Å²) in [6.07, 6.45) is -57.6. The van der Waals surface area contributed by atoms with Crippen LogP contribution in [-0.4, -0.2) is 307 Å². The van der Waals surface area contributed by atoms with Crippen LogP contribution in [0.3, 0.4) is 0 Å². The minimum Gasteiger partial charge on any atom is -0.394 e. The van der Waals surface area contributed by atoms with Gasteiger partial charge in [-0.15, -0.1) is 0 Å². The Morgan fingerprint density at radius 1 is 0.258 bits per heavy atom. The molecule has 22 aliphatic heterocycles. The normalized spacial score (nSPS) is 55.4. The van der Waals surface area contributed by atoms with Crippen LogP contribution in [0.2, 0.25) is 0 Å². The van der Waals surface area contributed by atoms with E-state index in [4.69, 9.17) is 66.3 Å². The molecule has 22 aliphatic rings. The lowest BCUT2D eigenvalue weighted by molar-refractivity contribution is -0.424. The van der Waals surface area contributed by atoms with Crippen LogP contribution in [0.25, 0.3) is 0 Å². The maximum Gasteiger partial charge on any atom is 0.189 e. The Morgan fingerprint density at radius 3 is 0.636 bits per heavy atom. The van der Waals surface area contributed by atoms with E-state index in [0.717, 1.165) is 14.2 Å². The van der Waals surface area contributed by atoms with E-state index in [1.54, 1.807) is 0 Å². The van der Waals surface area contributed by atoms with Crippen molar-refractivity contribution in [3.8, 4) is 0 Å². The van der Waals surface area contributed by atoms with Crippen LogP contribution in [0, 0.1) is 0 Å². The molecule has 384 valence electrons. The summed E-state index contributed by atoms with van der Waals surface area (Å²) >= 11 is 0. The van der Waals surface area contributed by atoms with Crippen LogP contribution >= 0.6 is 0 Å². The minimum absolute atomic E-state index is 0.972. The summed E-state index contributed by atoms with van der Waals surface area (Å²) in [7, 11) is 2.15. The van der Waals surface area contributed by atoms with Crippen molar-refractivity contribution in [3.05, 3.63) is 0 Å². The van der Waals surface area contributed by atoms with Gasteiger partial charge in [0.15, 0.2) is 50.3 Å². The summed E-state index contributed by atoms with van der Waals surface area (Å²) in [5, 5.41) is 176. The highest BCUT2D eigenvalue weighted by molar-refractivity contribution is 5.00. The lowest BCUT2D eigenvalue weighted by Crippen LogP contribution is -2.69. The molecule has 0 aromatic rings. The number of aliphatic hydroxyl groups excluding tert-OH is 16. The number of hydrogen-bond donors (Lipinski definition) is 16. The summed E-state index contributed by atoms with van der Waals surface area (Å²) in [4.78, 5) is 0. The third-order valence-corrected chi connectivity index (χ3v) is 12.5. The van der Waals surface area contributed by atoms with Crippen molar-refractivity contribution < 1.29 is 148 Å². The van der Waals surface area contributed by atoms with Gasteiger partial charge in [-0.05, 0) is 0 Å². The molecular weight excluding hydrogens is 912 g/mol. The van der Waals surface area contributed by atoms with Gasteiger partial charge in [0.1, 0.15) is 134 Å². The van der Waals surface area contributed by atoms with Crippen molar-refractivity contribution >= 4 is 0 Å². The van der Waals surface area contributed by atoms with Crippen molar-refractivity contribution in [2.75, 3.05) is 40.6 Å². The third-order valence-electron chi connectivity index (χ3n) is 12.5. The average molecular weight is 973 g/mol. The molecular formula is C36H60O30. The fourth-order valence-electron chi connectivity index (χ4n) is 8.77. The maximum atomic E-state index is 11.3. The molecule has 12 bridgehead atoms. The third kappa shape index (κ3) is 10.0. The molecule has 22 heterocycles. The second kappa shape index (κ2) is 22.1. The molecule has 30 atom stereocenters. The molecule has 0 saturated carbocycles. The van der Waals surface area contributed by atoms with Crippen LogP contribution in [0.1, 0.15) is 0 Å². The van der Waals surface area contributed by atoms with Gasteiger partial charge < -0.3 is 148 Å². The molecule has 0 radical (unpaired) electrons.